The molecule has 3 atom stereocenters. The van der Waals surface area contributed by atoms with Crippen molar-refractivity contribution in [2.45, 2.75) is 95.3 Å². The van der Waals surface area contributed by atoms with Crippen molar-refractivity contribution >= 4 is 5.91 Å². The van der Waals surface area contributed by atoms with Gasteiger partial charge in [-0.1, -0.05) is 56.7 Å². The quantitative estimate of drug-likeness (QED) is 0.762. The maximum absolute atomic E-state index is 12.7. The van der Waals surface area contributed by atoms with E-state index in [9.17, 15) is 4.79 Å². The van der Waals surface area contributed by atoms with Gasteiger partial charge in [0.05, 0.1) is 12.2 Å². The summed E-state index contributed by atoms with van der Waals surface area (Å²) in [6.45, 7) is 0. The second-order valence-electron chi connectivity index (χ2n) is 9.02. The molecule has 3 heteroatoms. The summed E-state index contributed by atoms with van der Waals surface area (Å²) in [7, 11) is 0. The number of carbonyl (C=O) groups is 1. The van der Waals surface area contributed by atoms with Crippen LogP contribution in [0.4, 0.5) is 0 Å². The fourth-order valence-electron chi connectivity index (χ4n) is 5.59. The number of benzene rings is 1. The smallest absolute Gasteiger partial charge is 0.251 e. The minimum absolute atomic E-state index is 0.0762. The molecule has 1 unspecified atom stereocenters. The van der Waals surface area contributed by atoms with Crippen molar-refractivity contribution in [3.8, 4) is 0 Å². The van der Waals surface area contributed by atoms with Crippen molar-refractivity contribution in [3.05, 3.63) is 35.9 Å². The van der Waals surface area contributed by atoms with E-state index in [1.54, 1.807) is 0 Å². The van der Waals surface area contributed by atoms with Crippen LogP contribution < -0.4 is 5.32 Å². The summed E-state index contributed by atoms with van der Waals surface area (Å²) in [6.07, 6.45) is 16.0. The standard InChI is InChI=1S/C24H35NO2/c26-24(20-14-8-3-9-15-20)25-21-16-22(18-10-4-1-5-11-18)27-23(17-21)19-12-6-2-7-13-19/h3,8-9,14-15,18-19,21-23H,1-2,4-7,10-13,16-17H2,(H,25,26)/t21?,22-,23+. The molecule has 1 N–H and O–H groups in total. The molecule has 1 amide bonds. The van der Waals surface area contributed by atoms with Gasteiger partial charge < -0.3 is 10.1 Å². The number of nitrogens with one attached hydrogen (secondary N) is 1. The van der Waals surface area contributed by atoms with E-state index >= 15 is 0 Å². The van der Waals surface area contributed by atoms with Gasteiger partial charge in [-0.25, -0.2) is 0 Å². The Labute approximate surface area is 164 Å². The van der Waals surface area contributed by atoms with Crippen LogP contribution in [0.3, 0.4) is 0 Å². The number of carbonyl (C=O) groups excluding carboxylic acids is 1. The number of ether oxygens (including phenoxy) is 1. The maximum atomic E-state index is 12.7. The molecular weight excluding hydrogens is 334 g/mol. The summed E-state index contributed by atoms with van der Waals surface area (Å²) < 4.78 is 6.73. The third kappa shape index (κ3) is 4.93. The van der Waals surface area contributed by atoms with Crippen LogP contribution in [0.25, 0.3) is 0 Å². The van der Waals surface area contributed by atoms with Gasteiger partial charge in [-0.3, -0.25) is 4.79 Å². The Kier molecular flexibility index (Phi) is 6.49. The molecule has 2 aliphatic carbocycles. The summed E-state index contributed by atoms with van der Waals surface area (Å²) in [5.74, 6) is 1.47. The van der Waals surface area contributed by atoms with Crippen molar-refractivity contribution in [2.75, 3.05) is 0 Å². The monoisotopic (exact) mass is 369 g/mol. The topological polar surface area (TPSA) is 38.3 Å². The minimum Gasteiger partial charge on any atom is -0.374 e. The molecule has 148 valence electrons. The number of amides is 1. The SMILES string of the molecule is O=C(NC1C[C@@H](C2CCCCC2)O[C@@H](C2CCCCC2)C1)c1ccccc1. The summed E-state index contributed by atoms with van der Waals surface area (Å²) in [5, 5.41) is 3.35. The predicted molar refractivity (Wildman–Crippen MR) is 109 cm³/mol. The molecule has 0 spiro atoms. The molecule has 2 saturated carbocycles. The first-order valence-electron chi connectivity index (χ1n) is 11.3. The average molecular weight is 370 g/mol. The van der Waals surface area contributed by atoms with E-state index in [1.807, 2.05) is 30.3 Å². The van der Waals surface area contributed by atoms with E-state index in [1.165, 1.54) is 64.2 Å². The largest absolute Gasteiger partial charge is 0.374 e. The van der Waals surface area contributed by atoms with Gasteiger partial charge in [0.25, 0.3) is 5.91 Å². The maximum Gasteiger partial charge on any atom is 0.251 e. The first-order valence-corrected chi connectivity index (χ1v) is 11.3. The van der Waals surface area contributed by atoms with Crippen LogP contribution in [0.5, 0.6) is 0 Å². The summed E-state index contributed by atoms with van der Waals surface area (Å²) in [6, 6.07) is 9.91. The molecule has 1 heterocycles. The first-order chi connectivity index (χ1) is 13.3. The van der Waals surface area contributed by atoms with E-state index in [2.05, 4.69) is 5.32 Å². The zero-order valence-electron chi connectivity index (χ0n) is 16.6. The third-order valence-corrected chi connectivity index (χ3v) is 7.11. The lowest BCUT2D eigenvalue weighted by atomic mass is 9.77. The molecule has 27 heavy (non-hydrogen) atoms. The molecule has 0 radical (unpaired) electrons. The second-order valence-corrected chi connectivity index (χ2v) is 9.02. The van der Waals surface area contributed by atoms with Crippen molar-refractivity contribution in [1.82, 2.24) is 5.32 Å². The summed E-state index contributed by atoms with van der Waals surface area (Å²) >= 11 is 0. The van der Waals surface area contributed by atoms with Crippen LogP contribution in [0.1, 0.15) is 87.4 Å². The van der Waals surface area contributed by atoms with Gasteiger partial charge in [-0.05, 0) is 62.5 Å². The number of hydrogen-bond donors (Lipinski definition) is 1. The van der Waals surface area contributed by atoms with Crippen LogP contribution in [-0.2, 0) is 4.74 Å². The lowest BCUT2D eigenvalue weighted by Crippen LogP contribution is -2.49. The van der Waals surface area contributed by atoms with Crippen molar-refractivity contribution in [3.63, 3.8) is 0 Å². The molecule has 1 aromatic rings. The molecule has 1 aromatic carbocycles. The normalized spacial score (nSPS) is 30.7. The molecule has 4 rings (SSSR count). The van der Waals surface area contributed by atoms with Gasteiger partial charge in [0, 0.05) is 11.6 Å². The van der Waals surface area contributed by atoms with E-state index in [-0.39, 0.29) is 11.9 Å². The van der Waals surface area contributed by atoms with Gasteiger partial charge in [0.1, 0.15) is 0 Å². The fraction of sp³-hybridized carbons (Fsp3) is 0.708. The Morgan fingerprint density at radius 2 is 1.30 bits per heavy atom. The van der Waals surface area contributed by atoms with Crippen molar-refractivity contribution in [1.29, 1.82) is 0 Å². The molecule has 0 aromatic heterocycles. The zero-order chi connectivity index (χ0) is 18.5. The molecule has 1 aliphatic heterocycles. The Bertz CT molecular complexity index is 564. The van der Waals surface area contributed by atoms with Gasteiger partial charge in [0.2, 0.25) is 0 Å². The molecule has 3 nitrogen and oxygen atoms in total. The molecule has 1 saturated heterocycles. The van der Waals surface area contributed by atoms with E-state index in [0.717, 1.165) is 18.4 Å². The van der Waals surface area contributed by atoms with Crippen LogP contribution in [0.15, 0.2) is 30.3 Å². The van der Waals surface area contributed by atoms with E-state index in [4.69, 9.17) is 4.74 Å². The van der Waals surface area contributed by atoms with E-state index in [0.29, 0.717) is 24.0 Å². The first kappa shape index (κ1) is 19.0. The highest BCUT2D eigenvalue weighted by Crippen LogP contribution is 2.39. The Hall–Kier alpha value is -1.35. The molecule has 3 fully saturated rings. The van der Waals surface area contributed by atoms with E-state index < -0.39 is 0 Å². The number of rotatable bonds is 4. The van der Waals surface area contributed by atoms with Crippen LogP contribution in [-0.4, -0.2) is 24.2 Å². The highest BCUT2D eigenvalue weighted by atomic mass is 16.5. The Morgan fingerprint density at radius 1 is 0.778 bits per heavy atom. The van der Waals surface area contributed by atoms with Crippen molar-refractivity contribution in [2.24, 2.45) is 11.8 Å². The zero-order valence-corrected chi connectivity index (χ0v) is 16.6. The lowest BCUT2D eigenvalue weighted by molar-refractivity contribution is -0.119. The third-order valence-electron chi connectivity index (χ3n) is 7.11. The highest BCUT2D eigenvalue weighted by molar-refractivity contribution is 5.94. The minimum atomic E-state index is 0.0762. The van der Waals surface area contributed by atoms with Gasteiger partial charge >= 0.3 is 0 Å². The summed E-state index contributed by atoms with van der Waals surface area (Å²) in [4.78, 5) is 12.7. The van der Waals surface area contributed by atoms with Gasteiger partial charge in [-0.15, -0.1) is 0 Å². The fourth-order valence-corrected chi connectivity index (χ4v) is 5.59. The highest BCUT2D eigenvalue weighted by Gasteiger charge is 2.38. The Morgan fingerprint density at radius 3 is 1.81 bits per heavy atom. The van der Waals surface area contributed by atoms with Crippen LogP contribution >= 0.6 is 0 Å². The molecule has 0 bridgehead atoms. The second kappa shape index (κ2) is 9.23. The molecular formula is C24H35NO2. The number of hydrogen-bond acceptors (Lipinski definition) is 2. The summed E-state index contributed by atoms with van der Waals surface area (Å²) in [5.41, 5.74) is 0.771. The molecule has 3 aliphatic rings. The van der Waals surface area contributed by atoms with Gasteiger partial charge in [0.15, 0.2) is 0 Å². The Balaban J connectivity index is 1.44. The average Bonchev–Trinajstić information content (AvgIpc) is 2.75. The lowest BCUT2D eigenvalue weighted by Gasteiger charge is -2.44. The van der Waals surface area contributed by atoms with Crippen molar-refractivity contribution < 1.29 is 9.53 Å². The van der Waals surface area contributed by atoms with Crippen LogP contribution in [0.2, 0.25) is 0 Å². The van der Waals surface area contributed by atoms with Crippen LogP contribution in [0, 0.1) is 11.8 Å². The predicted octanol–water partition coefficient (Wildman–Crippen LogP) is 5.49. The van der Waals surface area contributed by atoms with Gasteiger partial charge in [-0.2, -0.15) is 0 Å².